The number of carbonyl (C=O) groups is 2. The monoisotopic (exact) mass is 336 g/mol. The second kappa shape index (κ2) is 9.25. The van der Waals surface area contributed by atoms with E-state index in [-0.39, 0.29) is 11.7 Å². The zero-order valence-corrected chi connectivity index (χ0v) is 15.2. The van der Waals surface area contributed by atoms with Gasteiger partial charge < -0.3 is 19.6 Å². The Bertz CT molecular complexity index is 535. The number of hydrogen-bond acceptors (Lipinski definition) is 5. The highest BCUT2D eigenvalue weighted by Gasteiger charge is 2.17. The number of rotatable bonds is 8. The fourth-order valence-electron chi connectivity index (χ4n) is 2.34. The summed E-state index contributed by atoms with van der Waals surface area (Å²) in [6.07, 6.45) is 3.32. The molecule has 0 aromatic carbocycles. The second-order valence-corrected chi connectivity index (χ2v) is 6.81. The van der Waals surface area contributed by atoms with E-state index in [0.29, 0.717) is 18.8 Å². The summed E-state index contributed by atoms with van der Waals surface area (Å²) in [5.74, 6) is 0.768. The van der Waals surface area contributed by atoms with Crippen molar-refractivity contribution < 1.29 is 19.1 Å². The van der Waals surface area contributed by atoms with Crippen molar-refractivity contribution in [1.29, 1.82) is 0 Å². The van der Waals surface area contributed by atoms with E-state index < -0.39 is 11.7 Å². The van der Waals surface area contributed by atoms with Crippen LogP contribution in [-0.4, -0.2) is 36.1 Å². The van der Waals surface area contributed by atoms with Crippen LogP contribution < -0.4 is 10.1 Å². The van der Waals surface area contributed by atoms with Gasteiger partial charge in [0, 0.05) is 25.2 Å². The number of ether oxygens (including phenoxy) is 2. The first-order chi connectivity index (χ1) is 11.2. The maximum atomic E-state index is 11.6. The molecule has 0 spiro atoms. The number of Topliss-reactive ketones (excluding diaryl/α,β-unsaturated/α-hetero) is 1. The molecule has 0 fully saturated rings. The third-order valence-corrected chi connectivity index (χ3v) is 3.37. The Kier molecular flexibility index (Phi) is 7.68. The van der Waals surface area contributed by atoms with E-state index in [1.54, 1.807) is 26.3 Å². The zero-order valence-electron chi connectivity index (χ0n) is 15.2. The molecule has 1 aromatic rings. The molecule has 0 radical (unpaired) electrons. The van der Waals surface area contributed by atoms with Gasteiger partial charge in [-0.05, 0) is 52.0 Å². The van der Waals surface area contributed by atoms with Crippen LogP contribution in [0.5, 0.6) is 5.88 Å². The lowest BCUT2D eigenvalue weighted by atomic mass is 9.91. The van der Waals surface area contributed by atoms with Gasteiger partial charge in [0.15, 0.2) is 0 Å². The summed E-state index contributed by atoms with van der Waals surface area (Å²) in [7, 11) is 1.57. The van der Waals surface area contributed by atoms with E-state index >= 15 is 0 Å². The summed E-state index contributed by atoms with van der Waals surface area (Å²) in [6.45, 7) is 7.57. The summed E-state index contributed by atoms with van der Waals surface area (Å²) in [5, 5.41) is 2.74. The molecule has 0 saturated heterocycles. The molecule has 6 nitrogen and oxygen atoms in total. The minimum absolute atomic E-state index is 0.0846. The molecule has 1 atom stereocenters. The number of pyridine rings is 1. The molecule has 1 amide bonds. The number of carbonyl (C=O) groups excluding carboxylic acids is 2. The predicted molar refractivity (Wildman–Crippen MR) is 92.3 cm³/mol. The van der Waals surface area contributed by atoms with Crippen LogP contribution in [0, 0.1) is 0 Å². The highest BCUT2D eigenvalue weighted by molar-refractivity contribution is 5.76. The van der Waals surface area contributed by atoms with Gasteiger partial charge >= 0.3 is 6.09 Å². The van der Waals surface area contributed by atoms with Crippen LogP contribution in [0.25, 0.3) is 0 Å². The third kappa shape index (κ3) is 7.94. The van der Waals surface area contributed by atoms with Gasteiger partial charge in [0.2, 0.25) is 5.88 Å². The van der Waals surface area contributed by atoms with E-state index in [9.17, 15) is 9.59 Å². The van der Waals surface area contributed by atoms with Gasteiger partial charge in [0.05, 0.1) is 7.11 Å². The lowest BCUT2D eigenvalue weighted by Crippen LogP contribution is -2.33. The van der Waals surface area contributed by atoms with Gasteiger partial charge in [-0.3, -0.25) is 0 Å². The lowest BCUT2D eigenvalue weighted by molar-refractivity contribution is -0.117. The van der Waals surface area contributed by atoms with Crippen molar-refractivity contribution >= 4 is 11.9 Å². The first kappa shape index (κ1) is 19.9. The molecule has 1 aromatic heterocycles. The molecule has 0 aliphatic heterocycles. The van der Waals surface area contributed by atoms with Crippen LogP contribution in [0.2, 0.25) is 0 Å². The van der Waals surface area contributed by atoms with Gasteiger partial charge in [-0.15, -0.1) is 0 Å². The molecule has 24 heavy (non-hydrogen) atoms. The van der Waals surface area contributed by atoms with Crippen molar-refractivity contribution in [3.05, 3.63) is 23.9 Å². The van der Waals surface area contributed by atoms with Crippen LogP contribution in [-0.2, 0) is 9.53 Å². The van der Waals surface area contributed by atoms with Gasteiger partial charge in [-0.2, -0.15) is 0 Å². The maximum absolute atomic E-state index is 11.6. The van der Waals surface area contributed by atoms with Crippen LogP contribution in [0.3, 0.4) is 0 Å². The predicted octanol–water partition coefficient (Wildman–Crippen LogP) is 3.46. The summed E-state index contributed by atoms with van der Waals surface area (Å²) in [4.78, 5) is 27.3. The Morgan fingerprint density at radius 3 is 2.50 bits per heavy atom. The average Bonchev–Trinajstić information content (AvgIpc) is 2.48. The van der Waals surface area contributed by atoms with Crippen molar-refractivity contribution in [2.24, 2.45) is 0 Å². The second-order valence-electron chi connectivity index (χ2n) is 6.81. The van der Waals surface area contributed by atoms with Crippen LogP contribution in [0.1, 0.15) is 58.4 Å². The number of alkyl carbamates (subject to hydrolysis) is 1. The number of methoxy groups -OCH3 is 1. The summed E-state index contributed by atoms with van der Waals surface area (Å²) in [6, 6.07) is 3.72. The van der Waals surface area contributed by atoms with Crippen LogP contribution in [0.15, 0.2) is 18.3 Å². The molecule has 1 unspecified atom stereocenters. The van der Waals surface area contributed by atoms with Crippen LogP contribution >= 0.6 is 0 Å². The minimum Gasteiger partial charge on any atom is -0.481 e. The molecular formula is C18H28N2O4. The number of nitrogens with zero attached hydrogens (tertiary/aromatic N) is 1. The molecule has 134 valence electrons. The molecule has 0 aliphatic rings. The largest absolute Gasteiger partial charge is 0.481 e. The Labute approximate surface area is 143 Å². The SMILES string of the molecule is COc1ccc(C(CCCNC(=O)OC(C)(C)C)CC(C)=O)cn1. The summed E-state index contributed by atoms with van der Waals surface area (Å²) >= 11 is 0. The third-order valence-electron chi connectivity index (χ3n) is 3.37. The molecular weight excluding hydrogens is 308 g/mol. The summed E-state index contributed by atoms with van der Waals surface area (Å²) in [5.41, 5.74) is 0.499. The summed E-state index contributed by atoms with van der Waals surface area (Å²) < 4.78 is 10.2. The average molecular weight is 336 g/mol. The molecule has 0 saturated carbocycles. The van der Waals surface area contributed by atoms with Gasteiger partial charge in [-0.25, -0.2) is 9.78 Å². The first-order valence-corrected chi connectivity index (χ1v) is 8.17. The topological polar surface area (TPSA) is 77.5 Å². The fourth-order valence-corrected chi connectivity index (χ4v) is 2.34. The van der Waals surface area contributed by atoms with E-state index in [4.69, 9.17) is 9.47 Å². The van der Waals surface area contributed by atoms with Gasteiger partial charge in [0.25, 0.3) is 0 Å². The fraction of sp³-hybridized carbons (Fsp3) is 0.611. The quantitative estimate of drug-likeness (QED) is 0.736. The molecule has 1 rings (SSSR count). The van der Waals surface area contributed by atoms with Crippen molar-refractivity contribution in [1.82, 2.24) is 10.3 Å². The van der Waals surface area contributed by atoms with Crippen LogP contribution in [0.4, 0.5) is 4.79 Å². The number of hydrogen-bond donors (Lipinski definition) is 1. The lowest BCUT2D eigenvalue weighted by Gasteiger charge is -2.20. The number of aromatic nitrogens is 1. The Hall–Kier alpha value is -2.11. The van der Waals surface area contributed by atoms with Crippen molar-refractivity contribution in [2.45, 2.75) is 58.5 Å². The molecule has 0 bridgehead atoms. The Balaban J connectivity index is 2.51. The highest BCUT2D eigenvalue weighted by Crippen LogP contribution is 2.25. The minimum atomic E-state index is -0.504. The van der Waals surface area contributed by atoms with E-state index in [1.807, 2.05) is 26.8 Å². The standard InChI is InChI=1S/C18H28N2O4/c1-13(21)11-14(15-8-9-16(23-5)20-12-15)7-6-10-19-17(22)24-18(2,3)4/h8-9,12,14H,6-7,10-11H2,1-5H3,(H,19,22). The number of ketones is 1. The molecule has 6 heteroatoms. The molecule has 1 heterocycles. The van der Waals surface area contributed by atoms with Crippen molar-refractivity contribution in [3.8, 4) is 5.88 Å². The molecule has 0 aliphatic carbocycles. The zero-order chi connectivity index (χ0) is 18.2. The highest BCUT2D eigenvalue weighted by atomic mass is 16.6. The Morgan fingerprint density at radius 1 is 1.29 bits per heavy atom. The normalized spacial score (nSPS) is 12.4. The van der Waals surface area contributed by atoms with E-state index in [0.717, 1.165) is 18.4 Å². The smallest absolute Gasteiger partial charge is 0.407 e. The maximum Gasteiger partial charge on any atom is 0.407 e. The van der Waals surface area contributed by atoms with Crippen molar-refractivity contribution in [3.63, 3.8) is 0 Å². The molecule has 1 N–H and O–H groups in total. The van der Waals surface area contributed by atoms with Gasteiger partial charge in [-0.1, -0.05) is 6.07 Å². The van der Waals surface area contributed by atoms with Gasteiger partial charge in [0.1, 0.15) is 11.4 Å². The number of amides is 1. The van der Waals surface area contributed by atoms with E-state index in [2.05, 4.69) is 10.3 Å². The number of nitrogens with one attached hydrogen (secondary N) is 1. The van der Waals surface area contributed by atoms with Crippen molar-refractivity contribution in [2.75, 3.05) is 13.7 Å². The Morgan fingerprint density at radius 2 is 2.00 bits per heavy atom. The first-order valence-electron chi connectivity index (χ1n) is 8.17. The van der Waals surface area contributed by atoms with E-state index in [1.165, 1.54) is 0 Å².